The second kappa shape index (κ2) is 9.43. The normalized spacial score (nSPS) is 22.6. The lowest BCUT2D eigenvalue weighted by molar-refractivity contribution is 0.0581. The first-order valence-corrected chi connectivity index (χ1v) is 11.6. The van der Waals surface area contributed by atoms with Gasteiger partial charge in [0.1, 0.15) is 22.9 Å². The molecule has 1 saturated carbocycles. The third-order valence-electron chi connectivity index (χ3n) is 6.48. The molecule has 1 aliphatic carbocycles. The molecule has 1 saturated heterocycles. The number of carbonyl (C=O) groups is 1. The predicted octanol–water partition coefficient (Wildman–Crippen LogP) is 1.67. The van der Waals surface area contributed by atoms with Crippen molar-refractivity contribution in [2.24, 2.45) is 0 Å². The number of ether oxygens (including phenoxy) is 1. The van der Waals surface area contributed by atoms with Crippen molar-refractivity contribution in [3.05, 3.63) is 46.5 Å². The average molecular weight is 468 g/mol. The highest BCUT2D eigenvalue weighted by atomic mass is 16.5. The molecule has 0 unspecified atom stereocenters. The Kier molecular flexibility index (Phi) is 6.20. The van der Waals surface area contributed by atoms with Crippen LogP contribution in [-0.4, -0.2) is 62.6 Å². The molecule has 0 aromatic carbocycles. The standard InChI is InChI=1S/C23H29N7O4/c1-24-20-11-19(27-18-5-2-8-29(23(18)33)15-4-3-9-34-13-15)28-21-17(12-25-30(20)21)22(32)26-14-6-7-16(31)10-14/h2,5,8,11-12,14-16,24,31H,3-4,6-7,9-10,13H2,1H3,(H,26,32)(H,27,28)/t14-,15-,16-/m0/s1. The highest BCUT2D eigenvalue weighted by Gasteiger charge is 2.26. The number of aliphatic hydroxyl groups is 1. The smallest absolute Gasteiger partial charge is 0.274 e. The Labute approximate surface area is 196 Å². The van der Waals surface area contributed by atoms with Crippen LogP contribution in [0.2, 0.25) is 0 Å². The van der Waals surface area contributed by atoms with Crippen molar-refractivity contribution in [2.45, 2.75) is 50.3 Å². The average Bonchev–Trinajstić information content (AvgIpc) is 3.46. The van der Waals surface area contributed by atoms with Gasteiger partial charge in [0.2, 0.25) is 0 Å². The predicted molar refractivity (Wildman–Crippen MR) is 127 cm³/mol. The zero-order valence-corrected chi connectivity index (χ0v) is 19.0. The summed E-state index contributed by atoms with van der Waals surface area (Å²) in [5.74, 6) is 0.734. The van der Waals surface area contributed by atoms with E-state index in [1.807, 2.05) is 6.07 Å². The van der Waals surface area contributed by atoms with E-state index in [0.29, 0.717) is 48.0 Å². The second-order valence-electron chi connectivity index (χ2n) is 8.84. The third-order valence-corrected chi connectivity index (χ3v) is 6.48. The van der Waals surface area contributed by atoms with Gasteiger partial charge in [-0.1, -0.05) is 0 Å². The number of carbonyl (C=O) groups excluding carboxylic acids is 1. The van der Waals surface area contributed by atoms with Crippen molar-refractivity contribution in [3.63, 3.8) is 0 Å². The van der Waals surface area contributed by atoms with Gasteiger partial charge in [0.05, 0.1) is 24.9 Å². The topological polar surface area (TPSA) is 135 Å². The molecule has 0 radical (unpaired) electrons. The van der Waals surface area contributed by atoms with E-state index in [-0.39, 0.29) is 29.7 Å². The molecule has 3 aromatic rings. The molecule has 0 bridgehead atoms. The Hall–Kier alpha value is -3.44. The summed E-state index contributed by atoms with van der Waals surface area (Å²) in [5, 5.41) is 23.2. The first kappa shape index (κ1) is 22.4. The minimum absolute atomic E-state index is 0.00513. The van der Waals surface area contributed by atoms with E-state index in [1.165, 1.54) is 6.20 Å². The van der Waals surface area contributed by atoms with Crippen LogP contribution in [0.3, 0.4) is 0 Å². The molecule has 11 heteroatoms. The van der Waals surface area contributed by atoms with Crippen molar-refractivity contribution >= 4 is 28.9 Å². The zero-order chi connectivity index (χ0) is 23.7. The monoisotopic (exact) mass is 467 g/mol. The van der Waals surface area contributed by atoms with Crippen molar-refractivity contribution in [1.29, 1.82) is 0 Å². The van der Waals surface area contributed by atoms with Crippen LogP contribution in [0.1, 0.15) is 48.5 Å². The summed E-state index contributed by atoms with van der Waals surface area (Å²) in [6, 6.07) is 5.20. The fourth-order valence-corrected chi connectivity index (χ4v) is 4.69. The van der Waals surface area contributed by atoms with Gasteiger partial charge in [0, 0.05) is 32.0 Å². The minimum Gasteiger partial charge on any atom is -0.393 e. The molecular formula is C23H29N7O4. The number of amides is 1. The lowest BCUT2D eigenvalue weighted by Crippen LogP contribution is -2.33. The van der Waals surface area contributed by atoms with Gasteiger partial charge >= 0.3 is 0 Å². The van der Waals surface area contributed by atoms with Crippen molar-refractivity contribution in [3.8, 4) is 0 Å². The van der Waals surface area contributed by atoms with E-state index in [1.54, 1.807) is 34.5 Å². The second-order valence-corrected chi connectivity index (χ2v) is 8.84. The van der Waals surface area contributed by atoms with Gasteiger partial charge in [-0.05, 0) is 44.2 Å². The molecule has 4 heterocycles. The SMILES string of the molecule is CNc1cc(Nc2cccn([C@H]3CCCOC3)c2=O)nc2c(C(=O)N[C@H]3CC[C@H](O)C3)cnn12. The first-order valence-electron chi connectivity index (χ1n) is 11.6. The fraction of sp³-hybridized carbons (Fsp3) is 0.478. The van der Waals surface area contributed by atoms with E-state index < -0.39 is 0 Å². The number of pyridine rings is 1. The molecule has 1 aliphatic heterocycles. The highest BCUT2D eigenvalue weighted by Crippen LogP contribution is 2.23. The maximum Gasteiger partial charge on any atom is 0.274 e. The molecule has 34 heavy (non-hydrogen) atoms. The van der Waals surface area contributed by atoms with Crippen molar-refractivity contribution in [2.75, 3.05) is 30.9 Å². The van der Waals surface area contributed by atoms with Gasteiger partial charge in [-0.25, -0.2) is 4.98 Å². The number of anilines is 3. The maximum absolute atomic E-state index is 13.1. The van der Waals surface area contributed by atoms with Crippen LogP contribution in [0.25, 0.3) is 5.65 Å². The molecular weight excluding hydrogens is 438 g/mol. The van der Waals surface area contributed by atoms with Gasteiger partial charge < -0.3 is 30.4 Å². The van der Waals surface area contributed by atoms with Crippen LogP contribution in [0, 0.1) is 0 Å². The van der Waals surface area contributed by atoms with E-state index in [9.17, 15) is 14.7 Å². The molecule has 3 atom stereocenters. The largest absolute Gasteiger partial charge is 0.393 e. The zero-order valence-electron chi connectivity index (χ0n) is 19.0. The molecule has 5 rings (SSSR count). The lowest BCUT2D eigenvalue weighted by Gasteiger charge is -2.24. The Morgan fingerprint density at radius 2 is 2.18 bits per heavy atom. The summed E-state index contributed by atoms with van der Waals surface area (Å²) >= 11 is 0. The van der Waals surface area contributed by atoms with E-state index in [0.717, 1.165) is 25.9 Å². The molecule has 11 nitrogen and oxygen atoms in total. The summed E-state index contributed by atoms with van der Waals surface area (Å²) in [5.41, 5.74) is 0.920. The van der Waals surface area contributed by atoms with Gasteiger partial charge in [-0.3, -0.25) is 9.59 Å². The third kappa shape index (κ3) is 4.36. The molecule has 180 valence electrons. The van der Waals surface area contributed by atoms with E-state index in [2.05, 4.69) is 26.0 Å². The van der Waals surface area contributed by atoms with Gasteiger partial charge in [-0.15, -0.1) is 0 Å². The number of aromatic nitrogens is 4. The Balaban J connectivity index is 1.44. The molecule has 4 N–H and O–H groups in total. The number of fused-ring (bicyclic) bond motifs is 1. The molecule has 0 spiro atoms. The summed E-state index contributed by atoms with van der Waals surface area (Å²) in [6.07, 6.45) is 6.65. The summed E-state index contributed by atoms with van der Waals surface area (Å²) in [6.45, 7) is 1.24. The lowest BCUT2D eigenvalue weighted by atomic mass is 10.1. The Morgan fingerprint density at radius 3 is 2.91 bits per heavy atom. The quantitative estimate of drug-likeness (QED) is 0.430. The number of nitrogens with zero attached hydrogens (tertiary/aromatic N) is 4. The van der Waals surface area contributed by atoms with Crippen LogP contribution in [0.4, 0.5) is 17.3 Å². The number of rotatable bonds is 6. The van der Waals surface area contributed by atoms with Crippen molar-refractivity contribution < 1.29 is 14.6 Å². The first-order chi connectivity index (χ1) is 16.5. The Bertz CT molecular complexity index is 1250. The van der Waals surface area contributed by atoms with Crippen LogP contribution < -0.4 is 21.5 Å². The number of aliphatic hydroxyl groups excluding tert-OH is 1. The maximum atomic E-state index is 13.1. The van der Waals surface area contributed by atoms with Gasteiger partial charge in [-0.2, -0.15) is 9.61 Å². The molecule has 2 fully saturated rings. The number of hydrogen-bond acceptors (Lipinski definition) is 8. The Morgan fingerprint density at radius 1 is 1.29 bits per heavy atom. The number of nitrogens with one attached hydrogen (secondary N) is 3. The van der Waals surface area contributed by atoms with Gasteiger partial charge in [0.15, 0.2) is 5.65 Å². The molecule has 3 aromatic heterocycles. The van der Waals surface area contributed by atoms with E-state index in [4.69, 9.17) is 4.74 Å². The number of hydrogen-bond donors (Lipinski definition) is 4. The molecule has 1 amide bonds. The van der Waals surface area contributed by atoms with Crippen LogP contribution in [-0.2, 0) is 4.74 Å². The van der Waals surface area contributed by atoms with E-state index >= 15 is 0 Å². The van der Waals surface area contributed by atoms with Gasteiger partial charge in [0.25, 0.3) is 11.5 Å². The summed E-state index contributed by atoms with van der Waals surface area (Å²) < 4.78 is 8.79. The minimum atomic E-state index is -0.380. The summed E-state index contributed by atoms with van der Waals surface area (Å²) in [7, 11) is 1.75. The van der Waals surface area contributed by atoms with Crippen LogP contribution >= 0.6 is 0 Å². The molecule has 2 aliphatic rings. The van der Waals surface area contributed by atoms with Crippen molar-refractivity contribution in [1.82, 2.24) is 24.5 Å². The fourth-order valence-electron chi connectivity index (χ4n) is 4.69. The highest BCUT2D eigenvalue weighted by molar-refractivity contribution is 6.00. The van der Waals surface area contributed by atoms with Crippen LogP contribution in [0.15, 0.2) is 35.4 Å². The van der Waals surface area contributed by atoms with Crippen LogP contribution in [0.5, 0.6) is 0 Å². The summed E-state index contributed by atoms with van der Waals surface area (Å²) in [4.78, 5) is 30.7.